The first-order valence-electron chi connectivity index (χ1n) is 7.26. The molecule has 22 heavy (non-hydrogen) atoms. The highest BCUT2D eigenvalue weighted by Gasteiger charge is 2.29. The Kier molecular flexibility index (Phi) is 4.75. The molecule has 1 aromatic rings. The van der Waals surface area contributed by atoms with Crippen molar-refractivity contribution >= 4 is 11.6 Å². The molecule has 0 spiro atoms. The van der Waals surface area contributed by atoms with E-state index in [-0.39, 0.29) is 22.2 Å². The summed E-state index contributed by atoms with van der Waals surface area (Å²) in [6, 6.07) is 1.98. The largest absolute Gasteiger partial charge is 0.351 e. The predicted molar refractivity (Wildman–Crippen MR) is 80.3 cm³/mol. The molecule has 0 atom stereocenters. The molecule has 1 aliphatic heterocycles. The first kappa shape index (κ1) is 16.4. The fourth-order valence-corrected chi connectivity index (χ4v) is 2.75. The number of carbonyl (C=O) groups is 1. The molecule has 0 aliphatic carbocycles. The van der Waals surface area contributed by atoms with Crippen LogP contribution in [0, 0.1) is 28.3 Å². The Morgan fingerprint density at radius 2 is 2.09 bits per heavy atom. The monoisotopic (exact) mass is 309 g/mol. The van der Waals surface area contributed by atoms with Crippen molar-refractivity contribution < 1.29 is 14.1 Å². The van der Waals surface area contributed by atoms with Gasteiger partial charge in [0.2, 0.25) is 0 Å². The molecule has 1 fully saturated rings. The lowest BCUT2D eigenvalue weighted by atomic mass is 9.81. The second-order valence-corrected chi connectivity index (χ2v) is 6.12. The number of nitro benzene ring substituents is 1. The number of nitrogens with one attached hydrogen (secondary N) is 2. The summed E-state index contributed by atoms with van der Waals surface area (Å²) < 4.78 is 13.5. The van der Waals surface area contributed by atoms with Gasteiger partial charge in [-0.05, 0) is 50.4 Å². The number of carbonyl (C=O) groups excluding carboxylic acids is 1. The van der Waals surface area contributed by atoms with Gasteiger partial charge in [0.1, 0.15) is 11.4 Å². The Morgan fingerprint density at radius 1 is 1.45 bits per heavy atom. The highest BCUT2D eigenvalue weighted by molar-refractivity contribution is 5.98. The van der Waals surface area contributed by atoms with E-state index in [0.29, 0.717) is 6.54 Å². The molecule has 6 nitrogen and oxygen atoms in total. The van der Waals surface area contributed by atoms with Crippen LogP contribution in [-0.4, -0.2) is 30.5 Å². The lowest BCUT2D eigenvalue weighted by Gasteiger charge is -2.34. The zero-order chi connectivity index (χ0) is 16.3. The van der Waals surface area contributed by atoms with Gasteiger partial charge >= 0.3 is 0 Å². The molecule has 0 radical (unpaired) electrons. The fraction of sp³-hybridized carbons (Fsp3) is 0.533. The van der Waals surface area contributed by atoms with Crippen LogP contribution in [0.3, 0.4) is 0 Å². The van der Waals surface area contributed by atoms with Crippen LogP contribution in [0.25, 0.3) is 0 Å². The van der Waals surface area contributed by atoms with E-state index >= 15 is 0 Å². The first-order chi connectivity index (χ1) is 10.3. The Labute approximate surface area is 128 Å². The third kappa shape index (κ3) is 3.59. The van der Waals surface area contributed by atoms with Crippen LogP contribution in [0.15, 0.2) is 12.1 Å². The van der Waals surface area contributed by atoms with Crippen molar-refractivity contribution in [2.45, 2.75) is 26.7 Å². The molecule has 1 aromatic carbocycles. The molecule has 7 heteroatoms. The van der Waals surface area contributed by atoms with Crippen LogP contribution in [0.1, 0.15) is 35.7 Å². The van der Waals surface area contributed by atoms with E-state index in [1.165, 1.54) is 6.92 Å². The normalized spacial score (nSPS) is 17.0. The molecular weight excluding hydrogens is 289 g/mol. The topological polar surface area (TPSA) is 84.3 Å². The number of rotatable bonds is 4. The number of halogens is 1. The average Bonchev–Trinajstić information content (AvgIpc) is 2.44. The summed E-state index contributed by atoms with van der Waals surface area (Å²) in [6.45, 7) is 5.67. The summed E-state index contributed by atoms with van der Waals surface area (Å²) in [5.74, 6) is -1.25. The van der Waals surface area contributed by atoms with Gasteiger partial charge in [-0.1, -0.05) is 6.92 Å². The third-order valence-electron chi connectivity index (χ3n) is 4.18. The maximum atomic E-state index is 13.5. The Balaban J connectivity index is 2.17. The molecule has 2 rings (SSSR count). The summed E-state index contributed by atoms with van der Waals surface area (Å²) in [4.78, 5) is 22.7. The zero-order valence-corrected chi connectivity index (χ0v) is 12.7. The van der Waals surface area contributed by atoms with Crippen molar-refractivity contribution in [2.24, 2.45) is 5.41 Å². The molecule has 120 valence electrons. The lowest BCUT2D eigenvalue weighted by Crippen LogP contribution is -2.43. The minimum atomic E-state index is -0.652. The van der Waals surface area contributed by atoms with Crippen molar-refractivity contribution in [1.82, 2.24) is 10.6 Å². The molecule has 0 saturated carbocycles. The Bertz CT molecular complexity index is 598. The molecule has 1 saturated heterocycles. The van der Waals surface area contributed by atoms with Crippen LogP contribution >= 0.6 is 0 Å². The van der Waals surface area contributed by atoms with Gasteiger partial charge in [-0.15, -0.1) is 0 Å². The SMILES string of the molecule is Cc1cc(F)cc(C(=O)NCC2(C)CCNCC2)c1[N+](=O)[O-]. The Morgan fingerprint density at radius 3 is 2.68 bits per heavy atom. The molecule has 1 aliphatic rings. The molecule has 2 N–H and O–H groups in total. The van der Waals surface area contributed by atoms with Gasteiger partial charge in [0, 0.05) is 12.1 Å². The quantitative estimate of drug-likeness (QED) is 0.659. The van der Waals surface area contributed by atoms with Crippen LogP contribution < -0.4 is 10.6 Å². The van der Waals surface area contributed by atoms with E-state index in [2.05, 4.69) is 17.6 Å². The first-order valence-corrected chi connectivity index (χ1v) is 7.26. The van der Waals surface area contributed by atoms with Gasteiger partial charge in [0.15, 0.2) is 0 Å². The van der Waals surface area contributed by atoms with Crippen molar-refractivity contribution in [2.75, 3.05) is 19.6 Å². The molecule has 0 bridgehead atoms. The predicted octanol–water partition coefficient (Wildman–Crippen LogP) is 2.16. The minimum absolute atomic E-state index is 0.0436. The molecule has 0 unspecified atom stereocenters. The average molecular weight is 309 g/mol. The smallest absolute Gasteiger partial charge is 0.285 e. The maximum absolute atomic E-state index is 13.5. The van der Waals surface area contributed by atoms with Crippen LogP contribution in [0.4, 0.5) is 10.1 Å². The van der Waals surface area contributed by atoms with Crippen molar-refractivity contribution in [3.63, 3.8) is 0 Å². The minimum Gasteiger partial charge on any atom is -0.351 e. The standard InChI is InChI=1S/C15H20FN3O3/c1-10-7-11(16)8-12(13(10)19(21)22)14(20)18-9-15(2)3-5-17-6-4-15/h7-8,17H,3-6,9H2,1-2H3,(H,18,20). The van der Waals surface area contributed by atoms with E-state index in [1.807, 2.05) is 0 Å². The van der Waals surface area contributed by atoms with Gasteiger partial charge in [-0.25, -0.2) is 4.39 Å². The van der Waals surface area contributed by atoms with Gasteiger partial charge in [-0.2, -0.15) is 0 Å². The summed E-state index contributed by atoms with van der Waals surface area (Å²) in [5, 5.41) is 17.1. The van der Waals surface area contributed by atoms with Gasteiger partial charge < -0.3 is 10.6 Å². The van der Waals surface area contributed by atoms with E-state index < -0.39 is 16.6 Å². The molecule has 0 aromatic heterocycles. The number of hydrogen-bond acceptors (Lipinski definition) is 4. The van der Waals surface area contributed by atoms with E-state index in [9.17, 15) is 19.3 Å². The third-order valence-corrected chi connectivity index (χ3v) is 4.18. The number of hydrogen-bond donors (Lipinski definition) is 2. The summed E-state index contributed by atoms with van der Waals surface area (Å²) >= 11 is 0. The molecular formula is C15H20FN3O3. The van der Waals surface area contributed by atoms with Gasteiger partial charge in [0.05, 0.1) is 4.92 Å². The highest BCUT2D eigenvalue weighted by Crippen LogP contribution is 2.28. The van der Waals surface area contributed by atoms with Crippen molar-refractivity contribution in [3.05, 3.63) is 39.2 Å². The number of aryl methyl sites for hydroxylation is 1. The number of piperidine rings is 1. The number of amides is 1. The Hall–Kier alpha value is -2.02. The van der Waals surface area contributed by atoms with E-state index in [0.717, 1.165) is 38.1 Å². The van der Waals surface area contributed by atoms with Crippen LogP contribution in [0.2, 0.25) is 0 Å². The second-order valence-electron chi connectivity index (χ2n) is 6.12. The van der Waals surface area contributed by atoms with E-state index in [4.69, 9.17) is 0 Å². The van der Waals surface area contributed by atoms with Crippen molar-refractivity contribution in [3.8, 4) is 0 Å². The highest BCUT2D eigenvalue weighted by atomic mass is 19.1. The number of nitrogens with zero attached hydrogens (tertiary/aromatic N) is 1. The number of nitro groups is 1. The van der Waals surface area contributed by atoms with Gasteiger partial charge in [-0.3, -0.25) is 14.9 Å². The van der Waals surface area contributed by atoms with Crippen LogP contribution in [0.5, 0.6) is 0 Å². The summed E-state index contributed by atoms with van der Waals surface area (Å²) in [7, 11) is 0. The molecule has 1 heterocycles. The summed E-state index contributed by atoms with van der Waals surface area (Å²) in [6.07, 6.45) is 1.83. The second kappa shape index (κ2) is 6.39. The fourth-order valence-electron chi connectivity index (χ4n) is 2.75. The van der Waals surface area contributed by atoms with Crippen LogP contribution in [-0.2, 0) is 0 Å². The van der Waals surface area contributed by atoms with E-state index in [1.54, 1.807) is 0 Å². The zero-order valence-electron chi connectivity index (χ0n) is 12.7. The maximum Gasteiger partial charge on any atom is 0.285 e. The summed E-state index contributed by atoms with van der Waals surface area (Å²) in [5.41, 5.74) is -0.462. The van der Waals surface area contributed by atoms with Gasteiger partial charge in [0.25, 0.3) is 11.6 Å². The number of benzene rings is 1. The molecule has 1 amide bonds. The lowest BCUT2D eigenvalue weighted by molar-refractivity contribution is -0.385. The van der Waals surface area contributed by atoms with Crippen molar-refractivity contribution in [1.29, 1.82) is 0 Å².